The van der Waals surface area contributed by atoms with Crippen LogP contribution in [0.3, 0.4) is 0 Å². The van der Waals surface area contributed by atoms with Crippen molar-refractivity contribution >= 4 is 32.9 Å². The summed E-state index contributed by atoms with van der Waals surface area (Å²) in [7, 11) is 0. The Morgan fingerprint density at radius 2 is 1.89 bits per heavy atom. The highest BCUT2D eigenvalue weighted by Gasteiger charge is 2.35. The van der Waals surface area contributed by atoms with Crippen LogP contribution in [0.25, 0.3) is 22.1 Å². The zero-order chi connectivity index (χ0) is 25.9. The zero-order valence-corrected chi connectivity index (χ0v) is 20.9. The number of nitrogens with two attached hydrogens (primary N) is 1. The number of halogens is 4. The molecule has 36 heavy (non-hydrogen) atoms. The number of carbonyl (C=O) groups is 1. The van der Waals surface area contributed by atoms with Crippen molar-refractivity contribution < 1.29 is 31.9 Å². The molecule has 2 N–H and O–H groups in total. The first-order valence-corrected chi connectivity index (χ1v) is 12.0. The van der Waals surface area contributed by atoms with Crippen molar-refractivity contribution in [2.75, 3.05) is 6.61 Å². The molecule has 0 atom stereocenters. The largest absolute Gasteiger partial charge is 0.489 e. The van der Waals surface area contributed by atoms with Crippen molar-refractivity contribution in [3.63, 3.8) is 0 Å². The Hall–Kier alpha value is -3.30. The van der Waals surface area contributed by atoms with Crippen LogP contribution < -0.4 is 10.5 Å². The van der Waals surface area contributed by atoms with E-state index in [9.17, 15) is 18.0 Å². The Bertz CT molecular complexity index is 1400. The fourth-order valence-electron chi connectivity index (χ4n) is 3.92. The summed E-state index contributed by atoms with van der Waals surface area (Å²) in [5.74, 6) is 0.0221. The topological polar surface area (TPSA) is 74.7 Å². The van der Waals surface area contributed by atoms with Gasteiger partial charge in [0.2, 0.25) is 0 Å². The molecule has 0 aliphatic heterocycles. The average molecular weight is 562 g/mol. The zero-order valence-electron chi connectivity index (χ0n) is 19.3. The first-order valence-electron chi connectivity index (χ1n) is 11.2. The fraction of sp³-hybridized carbons (Fsp3) is 0.222. The number of ether oxygens (including phenoxy) is 2. The van der Waals surface area contributed by atoms with Crippen LogP contribution in [0.4, 0.5) is 13.2 Å². The highest BCUT2D eigenvalue weighted by molar-refractivity contribution is 9.10. The van der Waals surface area contributed by atoms with Crippen molar-refractivity contribution in [2.45, 2.75) is 32.7 Å². The lowest BCUT2D eigenvalue weighted by molar-refractivity contribution is -0.142. The smallest absolute Gasteiger partial charge is 0.420 e. The molecule has 0 bridgehead atoms. The molecular weight excluding hydrogens is 539 g/mol. The van der Waals surface area contributed by atoms with Crippen molar-refractivity contribution in [3.05, 3.63) is 87.6 Å². The number of hydrogen-bond donors (Lipinski definition) is 1. The molecule has 9 heteroatoms. The lowest BCUT2D eigenvalue weighted by Crippen LogP contribution is -2.09. The van der Waals surface area contributed by atoms with Gasteiger partial charge in [0.25, 0.3) is 0 Å². The number of benzene rings is 3. The maximum atomic E-state index is 13.7. The molecule has 0 amide bonds. The van der Waals surface area contributed by atoms with Gasteiger partial charge in [0.05, 0.1) is 13.0 Å². The van der Waals surface area contributed by atoms with Crippen LogP contribution in [0, 0.1) is 0 Å². The van der Waals surface area contributed by atoms with Gasteiger partial charge in [0, 0.05) is 27.5 Å². The molecule has 0 radical (unpaired) electrons. The quantitative estimate of drug-likeness (QED) is 0.234. The second-order valence-electron chi connectivity index (χ2n) is 8.09. The minimum atomic E-state index is -4.59. The summed E-state index contributed by atoms with van der Waals surface area (Å²) >= 11 is 3.39. The molecule has 0 saturated carbocycles. The van der Waals surface area contributed by atoms with Gasteiger partial charge in [-0.15, -0.1) is 0 Å². The van der Waals surface area contributed by atoms with E-state index in [1.54, 1.807) is 43.3 Å². The summed E-state index contributed by atoms with van der Waals surface area (Å²) in [6, 6.07) is 15.6. The number of hydrogen-bond acceptors (Lipinski definition) is 5. The van der Waals surface area contributed by atoms with E-state index in [1.807, 2.05) is 12.1 Å². The number of rotatable bonds is 8. The minimum Gasteiger partial charge on any atom is -0.489 e. The van der Waals surface area contributed by atoms with Crippen molar-refractivity contribution in [2.24, 2.45) is 5.73 Å². The third-order valence-electron chi connectivity index (χ3n) is 5.58. The highest BCUT2D eigenvalue weighted by atomic mass is 79.9. The van der Waals surface area contributed by atoms with Crippen LogP contribution in [-0.4, -0.2) is 12.6 Å². The van der Waals surface area contributed by atoms with Crippen LogP contribution in [0.15, 0.2) is 69.8 Å². The third-order valence-corrected chi connectivity index (χ3v) is 6.07. The van der Waals surface area contributed by atoms with Crippen LogP contribution >= 0.6 is 15.9 Å². The third kappa shape index (κ3) is 5.74. The molecular formula is C27H23BrF3NO4. The predicted molar refractivity (Wildman–Crippen MR) is 133 cm³/mol. The van der Waals surface area contributed by atoms with E-state index in [0.29, 0.717) is 28.0 Å². The Balaban J connectivity index is 1.75. The Morgan fingerprint density at radius 1 is 1.08 bits per heavy atom. The summed E-state index contributed by atoms with van der Waals surface area (Å²) < 4.78 is 58.3. The van der Waals surface area contributed by atoms with Gasteiger partial charge in [-0.2, -0.15) is 13.2 Å². The predicted octanol–water partition coefficient (Wildman–Crippen LogP) is 7.02. The molecule has 1 heterocycles. The summed E-state index contributed by atoms with van der Waals surface area (Å²) in [5, 5.41) is -0.0576. The Labute approximate surface area is 214 Å². The number of alkyl halides is 3. The van der Waals surface area contributed by atoms with Crippen molar-refractivity contribution in [1.29, 1.82) is 0 Å². The van der Waals surface area contributed by atoms with E-state index >= 15 is 0 Å². The molecule has 0 fully saturated rings. The summed E-state index contributed by atoms with van der Waals surface area (Å²) in [6.45, 7) is 2.23. The van der Waals surface area contributed by atoms with Crippen LogP contribution in [0.1, 0.15) is 29.2 Å². The minimum absolute atomic E-state index is 0.00652. The van der Waals surface area contributed by atoms with Gasteiger partial charge < -0.3 is 19.6 Å². The molecule has 0 spiro atoms. The van der Waals surface area contributed by atoms with Gasteiger partial charge in [-0.05, 0) is 53.9 Å². The molecule has 4 rings (SSSR count). The maximum absolute atomic E-state index is 13.7. The van der Waals surface area contributed by atoms with Crippen molar-refractivity contribution in [3.8, 4) is 16.9 Å². The highest BCUT2D eigenvalue weighted by Crippen LogP contribution is 2.40. The fourth-order valence-corrected chi connectivity index (χ4v) is 4.26. The lowest BCUT2D eigenvalue weighted by atomic mass is 9.97. The normalized spacial score (nSPS) is 11.6. The maximum Gasteiger partial charge on any atom is 0.420 e. The van der Waals surface area contributed by atoms with Gasteiger partial charge in [0.15, 0.2) is 0 Å². The molecule has 3 aromatic carbocycles. The molecule has 4 aromatic rings. The average Bonchev–Trinajstić information content (AvgIpc) is 3.28. The van der Waals surface area contributed by atoms with Gasteiger partial charge in [-0.3, -0.25) is 4.79 Å². The Kier molecular flexibility index (Phi) is 7.70. The summed E-state index contributed by atoms with van der Waals surface area (Å²) in [6.07, 6.45) is -3.85. The molecule has 5 nitrogen and oxygen atoms in total. The molecule has 188 valence electrons. The van der Waals surface area contributed by atoms with Crippen LogP contribution in [-0.2, 0) is 35.3 Å². The van der Waals surface area contributed by atoms with Crippen molar-refractivity contribution in [1.82, 2.24) is 0 Å². The van der Waals surface area contributed by atoms with Gasteiger partial charge in [0.1, 0.15) is 29.8 Å². The lowest BCUT2D eigenvalue weighted by Gasteiger charge is -2.14. The molecule has 1 aromatic heterocycles. The first-order chi connectivity index (χ1) is 17.2. The second kappa shape index (κ2) is 10.8. The van der Waals surface area contributed by atoms with E-state index in [4.69, 9.17) is 19.6 Å². The number of esters is 1. The van der Waals surface area contributed by atoms with E-state index in [-0.39, 0.29) is 37.1 Å². The SMILES string of the molecule is CCOC(=O)Cc1ccc(Br)cc1OCc1cc(-c2cccc(CN)c2)c2occ(C(F)(F)F)c2c1. The second-order valence-corrected chi connectivity index (χ2v) is 9.01. The summed E-state index contributed by atoms with van der Waals surface area (Å²) in [4.78, 5) is 12.0. The van der Waals surface area contributed by atoms with Crippen LogP contribution in [0.5, 0.6) is 5.75 Å². The number of fused-ring (bicyclic) bond motifs is 1. The van der Waals surface area contributed by atoms with E-state index in [0.717, 1.165) is 16.3 Å². The monoisotopic (exact) mass is 561 g/mol. The number of carbonyl (C=O) groups excluding carboxylic acids is 1. The van der Waals surface area contributed by atoms with Crippen LogP contribution in [0.2, 0.25) is 0 Å². The standard InChI is InChI=1S/C27H23BrF3NO4/c1-2-34-25(33)11-19-6-7-20(28)12-24(19)35-14-17-9-21(18-5-3-4-16(8-18)13-32)26-22(10-17)23(15-36-26)27(29,30)31/h3-10,12,15H,2,11,13-14,32H2,1H3. The van der Waals surface area contributed by atoms with E-state index in [2.05, 4.69) is 15.9 Å². The molecule has 0 aliphatic carbocycles. The number of furan rings is 1. The first kappa shape index (κ1) is 25.8. The molecule has 0 saturated heterocycles. The summed E-state index contributed by atoms with van der Waals surface area (Å²) in [5.41, 5.74) is 8.16. The van der Waals surface area contributed by atoms with Gasteiger partial charge in [-0.25, -0.2) is 0 Å². The molecule has 0 aliphatic rings. The Morgan fingerprint density at radius 3 is 2.61 bits per heavy atom. The van der Waals surface area contributed by atoms with Gasteiger partial charge in [-0.1, -0.05) is 40.2 Å². The van der Waals surface area contributed by atoms with E-state index < -0.39 is 17.7 Å². The molecule has 0 unspecified atom stereocenters. The van der Waals surface area contributed by atoms with E-state index in [1.165, 1.54) is 6.07 Å². The van der Waals surface area contributed by atoms with Gasteiger partial charge >= 0.3 is 12.1 Å².